The molecule has 1 aromatic rings. The summed E-state index contributed by atoms with van der Waals surface area (Å²) in [5.41, 5.74) is 6.32. The smallest absolute Gasteiger partial charge is 0.123 e. The average Bonchev–Trinajstić information content (AvgIpc) is 1.80. The maximum absolute atomic E-state index is 5.40. The molecule has 2 N–H and O–H groups in total. The number of aromatic nitrogens is 1. The van der Waals surface area contributed by atoms with Gasteiger partial charge < -0.3 is 5.73 Å². The highest BCUT2D eigenvalue weighted by Gasteiger charge is 1.92. The van der Waals surface area contributed by atoms with Gasteiger partial charge in [0.25, 0.3) is 0 Å². The van der Waals surface area contributed by atoms with Crippen molar-refractivity contribution in [3.8, 4) is 0 Å². The van der Waals surface area contributed by atoms with Crippen molar-refractivity contribution in [2.24, 2.45) is 0 Å². The molecule has 0 radical (unpaired) electrons. The van der Waals surface area contributed by atoms with Crippen molar-refractivity contribution < 1.29 is 0 Å². The van der Waals surface area contributed by atoms with Crippen LogP contribution >= 0.6 is 32.9 Å². The Bertz CT molecular complexity index is 225. The highest BCUT2D eigenvalue weighted by molar-refractivity contribution is 9.10. The number of halogens is 2. The van der Waals surface area contributed by atoms with Gasteiger partial charge in [0.05, 0.1) is 5.69 Å². The van der Waals surface area contributed by atoms with Gasteiger partial charge in [-0.25, -0.2) is 4.98 Å². The van der Waals surface area contributed by atoms with Crippen LogP contribution in [0, 0.1) is 6.92 Å². The molecule has 0 bridgehead atoms. The van der Waals surface area contributed by atoms with Gasteiger partial charge in [-0.1, -0.05) is 0 Å². The fourth-order valence-electron chi connectivity index (χ4n) is 0.563. The largest absolute Gasteiger partial charge is 0.384 e. The molecule has 0 aliphatic rings. The number of anilines is 1. The molecular formula is C6H8Br2N2. The Balaban J connectivity index is 0.000000810. The monoisotopic (exact) mass is 266 g/mol. The van der Waals surface area contributed by atoms with E-state index in [2.05, 4.69) is 20.9 Å². The number of hydrogen-bond acceptors (Lipinski definition) is 2. The van der Waals surface area contributed by atoms with Gasteiger partial charge in [0, 0.05) is 4.47 Å². The maximum Gasteiger partial charge on any atom is 0.123 e. The van der Waals surface area contributed by atoms with E-state index in [1.165, 1.54) is 0 Å². The lowest BCUT2D eigenvalue weighted by atomic mass is 10.4. The van der Waals surface area contributed by atoms with E-state index >= 15 is 0 Å². The van der Waals surface area contributed by atoms with Gasteiger partial charge in [0.2, 0.25) is 0 Å². The zero-order valence-electron chi connectivity index (χ0n) is 5.47. The molecule has 0 fully saturated rings. The molecule has 0 aliphatic heterocycles. The Labute approximate surface area is 78.7 Å². The first-order valence-electron chi connectivity index (χ1n) is 2.59. The Morgan fingerprint density at radius 1 is 1.50 bits per heavy atom. The molecule has 1 heterocycles. The topological polar surface area (TPSA) is 38.9 Å². The van der Waals surface area contributed by atoms with Gasteiger partial charge in [-0.3, -0.25) is 0 Å². The second-order valence-electron chi connectivity index (χ2n) is 1.80. The lowest BCUT2D eigenvalue weighted by Crippen LogP contribution is -1.91. The summed E-state index contributed by atoms with van der Waals surface area (Å²) in [5.74, 6) is 0.565. The van der Waals surface area contributed by atoms with Crippen molar-refractivity contribution in [2.75, 3.05) is 5.73 Å². The molecule has 0 atom stereocenters. The minimum Gasteiger partial charge on any atom is -0.384 e. The number of aryl methyl sites for hydroxylation is 1. The third kappa shape index (κ3) is 2.27. The van der Waals surface area contributed by atoms with E-state index in [1.54, 1.807) is 6.07 Å². The molecule has 0 aliphatic carbocycles. The van der Waals surface area contributed by atoms with Crippen molar-refractivity contribution in [1.82, 2.24) is 4.98 Å². The highest BCUT2D eigenvalue weighted by Crippen LogP contribution is 2.13. The average molecular weight is 268 g/mol. The summed E-state index contributed by atoms with van der Waals surface area (Å²) in [6, 6.07) is 3.65. The van der Waals surface area contributed by atoms with Crippen LogP contribution in [0.15, 0.2) is 16.6 Å². The van der Waals surface area contributed by atoms with E-state index in [9.17, 15) is 0 Å². The van der Waals surface area contributed by atoms with Crippen molar-refractivity contribution in [1.29, 1.82) is 0 Å². The van der Waals surface area contributed by atoms with Crippen LogP contribution in [0.25, 0.3) is 0 Å². The summed E-state index contributed by atoms with van der Waals surface area (Å²) in [5, 5.41) is 0. The summed E-state index contributed by atoms with van der Waals surface area (Å²) >= 11 is 3.31. The molecule has 0 unspecified atom stereocenters. The molecular weight excluding hydrogens is 260 g/mol. The Morgan fingerprint density at radius 2 is 2.10 bits per heavy atom. The van der Waals surface area contributed by atoms with Gasteiger partial charge in [0.15, 0.2) is 0 Å². The number of rotatable bonds is 0. The second-order valence-corrected chi connectivity index (χ2v) is 2.66. The van der Waals surface area contributed by atoms with Crippen LogP contribution in [-0.2, 0) is 0 Å². The van der Waals surface area contributed by atoms with Crippen LogP contribution in [0.2, 0.25) is 0 Å². The van der Waals surface area contributed by atoms with Crippen LogP contribution in [-0.4, -0.2) is 4.98 Å². The number of nitrogens with zero attached hydrogens (tertiary/aromatic N) is 1. The lowest BCUT2D eigenvalue weighted by molar-refractivity contribution is 1.19. The predicted octanol–water partition coefficient (Wildman–Crippen LogP) is 2.31. The lowest BCUT2D eigenvalue weighted by Gasteiger charge is -1.95. The third-order valence-corrected chi connectivity index (χ3v) is 1.88. The van der Waals surface area contributed by atoms with E-state index in [0.29, 0.717) is 5.82 Å². The molecule has 0 aromatic carbocycles. The number of nitrogen functional groups attached to an aromatic ring is 1. The SMILES string of the molecule is Br.Cc1nc(N)ccc1Br. The van der Waals surface area contributed by atoms with Crippen molar-refractivity contribution in [2.45, 2.75) is 6.92 Å². The van der Waals surface area contributed by atoms with Crippen LogP contribution in [0.3, 0.4) is 0 Å². The molecule has 10 heavy (non-hydrogen) atoms. The highest BCUT2D eigenvalue weighted by atomic mass is 79.9. The Morgan fingerprint density at radius 3 is 2.50 bits per heavy atom. The van der Waals surface area contributed by atoms with E-state index in [-0.39, 0.29) is 17.0 Å². The summed E-state index contributed by atoms with van der Waals surface area (Å²) in [7, 11) is 0. The van der Waals surface area contributed by atoms with Crippen LogP contribution < -0.4 is 5.73 Å². The van der Waals surface area contributed by atoms with Crippen LogP contribution in [0.4, 0.5) is 5.82 Å². The molecule has 0 amide bonds. The fraction of sp³-hybridized carbons (Fsp3) is 0.167. The second kappa shape index (κ2) is 3.93. The first-order valence-corrected chi connectivity index (χ1v) is 3.38. The zero-order chi connectivity index (χ0) is 6.85. The molecule has 0 saturated carbocycles. The summed E-state index contributed by atoms with van der Waals surface area (Å²) in [4.78, 5) is 4.00. The minimum absolute atomic E-state index is 0. The number of nitrogens with two attached hydrogens (primary N) is 1. The normalized spacial score (nSPS) is 8.60. The van der Waals surface area contributed by atoms with Gasteiger partial charge in [-0.15, -0.1) is 17.0 Å². The minimum atomic E-state index is 0. The molecule has 56 valence electrons. The summed E-state index contributed by atoms with van der Waals surface area (Å²) in [6.45, 7) is 1.90. The van der Waals surface area contributed by atoms with Gasteiger partial charge in [-0.05, 0) is 35.0 Å². The van der Waals surface area contributed by atoms with Crippen LogP contribution in [0.5, 0.6) is 0 Å². The van der Waals surface area contributed by atoms with Gasteiger partial charge in [0.1, 0.15) is 5.82 Å². The first kappa shape index (κ1) is 9.91. The summed E-state index contributed by atoms with van der Waals surface area (Å²) < 4.78 is 0.997. The molecule has 1 aromatic heterocycles. The zero-order valence-corrected chi connectivity index (χ0v) is 8.76. The van der Waals surface area contributed by atoms with E-state index in [0.717, 1.165) is 10.2 Å². The Kier molecular flexibility index (Phi) is 3.89. The van der Waals surface area contributed by atoms with Gasteiger partial charge in [-0.2, -0.15) is 0 Å². The number of hydrogen-bond donors (Lipinski definition) is 1. The van der Waals surface area contributed by atoms with Crippen molar-refractivity contribution >= 4 is 38.7 Å². The van der Waals surface area contributed by atoms with Crippen molar-refractivity contribution in [3.05, 3.63) is 22.3 Å². The van der Waals surface area contributed by atoms with E-state index < -0.39 is 0 Å². The van der Waals surface area contributed by atoms with Crippen molar-refractivity contribution in [3.63, 3.8) is 0 Å². The molecule has 0 spiro atoms. The van der Waals surface area contributed by atoms with E-state index in [4.69, 9.17) is 5.73 Å². The fourth-order valence-corrected chi connectivity index (χ4v) is 0.784. The maximum atomic E-state index is 5.40. The van der Waals surface area contributed by atoms with Gasteiger partial charge >= 0.3 is 0 Å². The quantitative estimate of drug-likeness (QED) is 0.784. The molecule has 1 rings (SSSR count). The van der Waals surface area contributed by atoms with Crippen LogP contribution in [0.1, 0.15) is 5.69 Å². The summed E-state index contributed by atoms with van der Waals surface area (Å²) in [6.07, 6.45) is 0. The molecule has 2 nitrogen and oxygen atoms in total. The third-order valence-electron chi connectivity index (χ3n) is 1.04. The predicted molar refractivity (Wildman–Crippen MR) is 51.4 cm³/mol. The molecule has 4 heteroatoms. The first-order chi connectivity index (χ1) is 4.20. The van der Waals surface area contributed by atoms with E-state index in [1.807, 2.05) is 13.0 Å². The standard InChI is InChI=1S/C6H7BrN2.BrH/c1-4-5(7)2-3-6(8)9-4;/h2-3H,1H3,(H2,8,9);1H. The number of pyridine rings is 1. The molecule has 0 saturated heterocycles. The Hall–Kier alpha value is -0.0900.